The van der Waals surface area contributed by atoms with Crippen LogP contribution < -0.4 is 10.1 Å². The SMILES string of the molecule is COc1cc(Cl)c(CCOCCNC2CC2)cc1Cl. The molecular weight excluding hydrogens is 285 g/mol. The molecule has 19 heavy (non-hydrogen) atoms. The number of ether oxygens (including phenoxy) is 2. The van der Waals surface area contributed by atoms with Gasteiger partial charge in [0.1, 0.15) is 5.75 Å². The van der Waals surface area contributed by atoms with Crippen LogP contribution in [0.15, 0.2) is 12.1 Å². The van der Waals surface area contributed by atoms with Gasteiger partial charge in [0.15, 0.2) is 0 Å². The van der Waals surface area contributed by atoms with Crippen molar-refractivity contribution in [1.82, 2.24) is 5.32 Å². The first-order valence-corrected chi connectivity index (χ1v) is 7.29. The quantitative estimate of drug-likeness (QED) is 0.747. The van der Waals surface area contributed by atoms with Gasteiger partial charge in [0, 0.05) is 23.7 Å². The third kappa shape index (κ3) is 4.84. The molecular formula is C14H19Cl2NO2. The van der Waals surface area contributed by atoms with Crippen molar-refractivity contribution in [3.05, 3.63) is 27.7 Å². The van der Waals surface area contributed by atoms with Crippen molar-refractivity contribution in [3.8, 4) is 5.75 Å². The highest BCUT2D eigenvalue weighted by atomic mass is 35.5. The molecule has 3 nitrogen and oxygen atoms in total. The topological polar surface area (TPSA) is 30.5 Å². The van der Waals surface area contributed by atoms with Gasteiger partial charge in [-0.1, -0.05) is 23.2 Å². The molecule has 0 radical (unpaired) electrons. The Balaban J connectivity index is 1.70. The molecule has 0 aromatic heterocycles. The summed E-state index contributed by atoms with van der Waals surface area (Å²) in [5, 5.41) is 4.65. The minimum atomic E-state index is 0.581. The molecule has 0 heterocycles. The number of halogens is 2. The second-order valence-corrected chi connectivity index (χ2v) is 5.48. The Morgan fingerprint density at radius 2 is 2.00 bits per heavy atom. The van der Waals surface area contributed by atoms with E-state index in [2.05, 4.69) is 5.32 Å². The standard InChI is InChI=1S/C14H19Cl2NO2/c1-18-14-9-12(15)10(8-13(14)16)4-6-19-7-5-17-11-2-3-11/h8-9,11,17H,2-7H2,1H3. The van der Waals surface area contributed by atoms with Crippen LogP contribution in [0.1, 0.15) is 18.4 Å². The lowest BCUT2D eigenvalue weighted by molar-refractivity contribution is 0.138. The third-order valence-corrected chi connectivity index (χ3v) is 3.74. The van der Waals surface area contributed by atoms with E-state index < -0.39 is 0 Å². The lowest BCUT2D eigenvalue weighted by Crippen LogP contribution is -2.22. The molecule has 0 saturated heterocycles. The predicted molar refractivity (Wildman–Crippen MR) is 78.6 cm³/mol. The van der Waals surface area contributed by atoms with E-state index in [9.17, 15) is 0 Å². The Kier molecular flexibility index (Phi) is 5.76. The molecule has 1 fully saturated rings. The highest BCUT2D eigenvalue weighted by Gasteiger charge is 2.19. The molecule has 1 N–H and O–H groups in total. The van der Waals surface area contributed by atoms with Crippen molar-refractivity contribution in [3.63, 3.8) is 0 Å². The van der Waals surface area contributed by atoms with Crippen molar-refractivity contribution >= 4 is 23.2 Å². The fraction of sp³-hybridized carbons (Fsp3) is 0.571. The number of hydrogen-bond donors (Lipinski definition) is 1. The number of hydrogen-bond acceptors (Lipinski definition) is 3. The first-order valence-electron chi connectivity index (χ1n) is 6.53. The Bertz CT molecular complexity index is 422. The number of nitrogens with one attached hydrogen (secondary N) is 1. The normalized spacial score (nSPS) is 14.7. The molecule has 1 aromatic rings. The van der Waals surface area contributed by atoms with Gasteiger partial charge >= 0.3 is 0 Å². The van der Waals surface area contributed by atoms with Crippen LogP contribution in [-0.4, -0.2) is 32.9 Å². The van der Waals surface area contributed by atoms with Crippen molar-refractivity contribution in [2.24, 2.45) is 0 Å². The maximum Gasteiger partial charge on any atom is 0.138 e. The third-order valence-electron chi connectivity index (χ3n) is 3.09. The number of benzene rings is 1. The van der Waals surface area contributed by atoms with Gasteiger partial charge < -0.3 is 14.8 Å². The van der Waals surface area contributed by atoms with E-state index in [0.29, 0.717) is 22.4 Å². The molecule has 1 aliphatic carbocycles. The van der Waals surface area contributed by atoms with E-state index >= 15 is 0 Å². The van der Waals surface area contributed by atoms with Crippen molar-refractivity contribution in [2.45, 2.75) is 25.3 Å². The van der Waals surface area contributed by atoms with Gasteiger partial charge in [0.05, 0.1) is 25.3 Å². The molecule has 2 rings (SSSR count). The summed E-state index contributed by atoms with van der Waals surface area (Å²) < 4.78 is 10.7. The largest absolute Gasteiger partial charge is 0.495 e. The van der Waals surface area contributed by atoms with Gasteiger partial charge in [-0.25, -0.2) is 0 Å². The average Bonchev–Trinajstić information content (AvgIpc) is 3.21. The van der Waals surface area contributed by atoms with E-state index in [4.69, 9.17) is 32.7 Å². The zero-order valence-electron chi connectivity index (χ0n) is 11.0. The van der Waals surface area contributed by atoms with E-state index in [0.717, 1.165) is 31.2 Å². The summed E-state index contributed by atoms with van der Waals surface area (Å²) in [5.74, 6) is 0.602. The summed E-state index contributed by atoms with van der Waals surface area (Å²) in [6.45, 7) is 2.30. The zero-order valence-corrected chi connectivity index (χ0v) is 12.6. The smallest absolute Gasteiger partial charge is 0.138 e. The summed E-state index contributed by atoms with van der Waals surface area (Å²) in [7, 11) is 1.58. The number of methoxy groups -OCH3 is 1. The van der Waals surface area contributed by atoms with Gasteiger partial charge in [-0.3, -0.25) is 0 Å². The summed E-state index contributed by atoms with van der Waals surface area (Å²) in [6.07, 6.45) is 3.37. The minimum Gasteiger partial charge on any atom is -0.495 e. The Morgan fingerprint density at radius 3 is 2.68 bits per heavy atom. The van der Waals surface area contributed by atoms with E-state index in [1.54, 1.807) is 13.2 Å². The molecule has 1 aliphatic rings. The van der Waals surface area contributed by atoms with Crippen LogP contribution in [0.4, 0.5) is 0 Å². The second kappa shape index (κ2) is 7.34. The highest BCUT2D eigenvalue weighted by Crippen LogP contribution is 2.31. The van der Waals surface area contributed by atoms with Crippen LogP contribution in [0.25, 0.3) is 0 Å². The molecule has 0 unspecified atom stereocenters. The van der Waals surface area contributed by atoms with Gasteiger partial charge in [-0.15, -0.1) is 0 Å². The molecule has 0 amide bonds. The predicted octanol–water partition coefficient (Wildman–Crippen LogP) is 3.31. The maximum atomic E-state index is 6.16. The lowest BCUT2D eigenvalue weighted by Gasteiger charge is -2.09. The van der Waals surface area contributed by atoms with Gasteiger partial charge in [0.25, 0.3) is 0 Å². The summed E-state index contributed by atoms with van der Waals surface area (Å²) in [4.78, 5) is 0. The van der Waals surface area contributed by atoms with Gasteiger partial charge in [0.2, 0.25) is 0 Å². The van der Waals surface area contributed by atoms with E-state index in [-0.39, 0.29) is 0 Å². The highest BCUT2D eigenvalue weighted by molar-refractivity contribution is 6.34. The van der Waals surface area contributed by atoms with E-state index in [1.807, 2.05) is 6.07 Å². The first kappa shape index (κ1) is 14.9. The fourth-order valence-electron chi connectivity index (χ4n) is 1.82. The molecule has 0 aliphatic heterocycles. The lowest BCUT2D eigenvalue weighted by atomic mass is 10.1. The summed E-state index contributed by atoms with van der Waals surface area (Å²) >= 11 is 12.2. The second-order valence-electron chi connectivity index (χ2n) is 4.67. The van der Waals surface area contributed by atoms with Crippen LogP contribution >= 0.6 is 23.2 Å². The maximum absolute atomic E-state index is 6.16. The van der Waals surface area contributed by atoms with Crippen LogP contribution in [0.3, 0.4) is 0 Å². The molecule has 0 spiro atoms. The molecule has 1 aromatic carbocycles. The van der Waals surface area contributed by atoms with Gasteiger partial charge in [-0.05, 0) is 30.9 Å². The average molecular weight is 304 g/mol. The fourth-order valence-corrected chi connectivity index (χ4v) is 2.34. The molecule has 0 bridgehead atoms. The zero-order chi connectivity index (χ0) is 13.7. The van der Waals surface area contributed by atoms with E-state index in [1.165, 1.54) is 12.8 Å². The first-order chi connectivity index (χ1) is 9.20. The molecule has 106 valence electrons. The summed E-state index contributed by atoms with van der Waals surface area (Å²) in [5.41, 5.74) is 0.989. The molecule has 0 atom stereocenters. The van der Waals surface area contributed by atoms with Gasteiger partial charge in [-0.2, -0.15) is 0 Å². The van der Waals surface area contributed by atoms with Crippen molar-refractivity contribution in [1.29, 1.82) is 0 Å². The van der Waals surface area contributed by atoms with Crippen molar-refractivity contribution in [2.75, 3.05) is 26.9 Å². The monoisotopic (exact) mass is 303 g/mol. The van der Waals surface area contributed by atoms with Crippen molar-refractivity contribution < 1.29 is 9.47 Å². The minimum absolute atomic E-state index is 0.581. The Labute approximate surface area is 124 Å². The Morgan fingerprint density at radius 1 is 1.21 bits per heavy atom. The Hall–Kier alpha value is -0.480. The van der Waals surface area contributed by atoms with Crippen LogP contribution in [0.5, 0.6) is 5.75 Å². The van der Waals surface area contributed by atoms with Crippen LogP contribution in [-0.2, 0) is 11.2 Å². The van der Waals surface area contributed by atoms with Crippen LogP contribution in [0, 0.1) is 0 Å². The van der Waals surface area contributed by atoms with Crippen LogP contribution in [0.2, 0.25) is 10.0 Å². The molecule has 5 heteroatoms. The summed E-state index contributed by atoms with van der Waals surface area (Å²) in [6, 6.07) is 4.32. The number of rotatable bonds is 8. The molecule has 1 saturated carbocycles.